The van der Waals surface area contributed by atoms with Gasteiger partial charge in [-0.2, -0.15) is 0 Å². The lowest BCUT2D eigenvalue weighted by Crippen LogP contribution is -2.57. The van der Waals surface area contributed by atoms with Crippen LogP contribution in [0.2, 0.25) is 0 Å². The lowest BCUT2D eigenvalue weighted by atomic mass is 10.1. The van der Waals surface area contributed by atoms with Crippen LogP contribution in [0.1, 0.15) is 20.8 Å². The summed E-state index contributed by atoms with van der Waals surface area (Å²) in [5.74, 6) is -0.286. The van der Waals surface area contributed by atoms with Crippen molar-refractivity contribution in [3.63, 3.8) is 0 Å². The highest BCUT2D eigenvalue weighted by atomic mass is 79.9. The molecule has 2 rings (SSSR count). The van der Waals surface area contributed by atoms with E-state index in [-0.39, 0.29) is 18.0 Å². The van der Waals surface area contributed by atoms with Gasteiger partial charge in [0.1, 0.15) is 11.4 Å². The molecule has 1 aromatic rings. The highest BCUT2D eigenvalue weighted by molar-refractivity contribution is 9.10. The first-order valence-electron chi connectivity index (χ1n) is 6.44. The maximum atomic E-state index is 13.0. The Labute approximate surface area is 126 Å². The van der Waals surface area contributed by atoms with E-state index in [4.69, 9.17) is 4.74 Å². The molecule has 0 bridgehead atoms. The first-order chi connectivity index (χ1) is 9.24. The Morgan fingerprint density at radius 3 is 2.65 bits per heavy atom. The molecule has 1 amide bonds. The van der Waals surface area contributed by atoms with Crippen LogP contribution in [0.5, 0.6) is 0 Å². The van der Waals surface area contributed by atoms with Gasteiger partial charge in [0.15, 0.2) is 0 Å². The molecule has 1 aromatic carbocycles. The minimum absolute atomic E-state index is 0.157. The van der Waals surface area contributed by atoms with Crippen molar-refractivity contribution in [1.29, 1.82) is 0 Å². The number of ether oxygens (including phenoxy) is 1. The summed E-state index contributed by atoms with van der Waals surface area (Å²) in [4.78, 5) is 13.4. The average molecular weight is 345 g/mol. The van der Waals surface area contributed by atoms with E-state index < -0.39 is 5.60 Å². The van der Waals surface area contributed by atoms with Crippen LogP contribution < -0.4 is 5.32 Å². The van der Waals surface area contributed by atoms with Gasteiger partial charge in [-0.15, -0.1) is 0 Å². The third-order valence-electron chi connectivity index (χ3n) is 2.82. The summed E-state index contributed by atoms with van der Waals surface area (Å²) in [6.07, 6.45) is -0.297. The van der Waals surface area contributed by atoms with E-state index in [1.54, 1.807) is 11.0 Å². The van der Waals surface area contributed by atoms with Crippen molar-refractivity contribution in [3.05, 3.63) is 28.5 Å². The van der Waals surface area contributed by atoms with Gasteiger partial charge in [-0.05, 0) is 54.9 Å². The van der Waals surface area contributed by atoms with Crippen LogP contribution in [-0.4, -0.2) is 35.7 Å². The SMILES string of the molecule is CC(C)(C)OC(=O)N1CC(Nc2ccc(F)cc2Br)C1. The molecule has 0 spiro atoms. The Morgan fingerprint density at radius 1 is 1.45 bits per heavy atom. The van der Waals surface area contributed by atoms with Crippen molar-refractivity contribution >= 4 is 27.7 Å². The van der Waals surface area contributed by atoms with E-state index in [2.05, 4.69) is 21.2 Å². The molecule has 110 valence electrons. The van der Waals surface area contributed by atoms with Crippen molar-refractivity contribution in [2.45, 2.75) is 32.4 Å². The van der Waals surface area contributed by atoms with Crippen LogP contribution in [0.4, 0.5) is 14.9 Å². The second-order valence-corrected chi connectivity index (χ2v) is 6.71. The molecule has 0 radical (unpaired) electrons. The second kappa shape index (κ2) is 5.60. The summed E-state index contributed by atoms with van der Waals surface area (Å²) >= 11 is 3.30. The zero-order valence-electron chi connectivity index (χ0n) is 11.7. The molecular formula is C14H18BrFN2O2. The number of likely N-dealkylation sites (tertiary alicyclic amines) is 1. The minimum atomic E-state index is -0.477. The lowest BCUT2D eigenvalue weighted by Gasteiger charge is -2.40. The van der Waals surface area contributed by atoms with E-state index in [1.165, 1.54) is 12.1 Å². The van der Waals surface area contributed by atoms with Crippen LogP contribution in [-0.2, 0) is 4.74 Å². The first-order valence-corrected chi connectivity index (χ1v) is 7.23. The fourth-order valence-electron chi connectivity index (χ4n) is 1.87. The molecule has 0 aromatic heterocycles. The van der Waals surface area contributed by atoms with Crippen LogP contribution >= 0.6 is 15.9 Å². The molecular weight excluding hydrogens is 327 g/mol. The molecule has 1 saturated heterocycles. The number of benzene rings is 1. The molecule has 6 heteroatoms. The van der Waals surface area contributed by atoms with E-state index >= 15 is 0 Å². The number of carbonyl (C=O) groups is 1. The Hall–Kier alpha value is -1.30. The van der Waals surface area contributed by atoms with Crippen molar-refractivity contribution in [2.24, 2.45) is 0 Å². The van der Waals surface area contributed by atoms with Crippen molar-refractivity contribution in [3.8, 4) is 0 Å². The first kappa shape index (κ1) is 15.1. The fraction of sp³-hybridized carbons (Fsp3) is 0.500. The van der Waals surface area contributed by atoms with E-state index in [0.29, 0.717) is 17.6 Å². The number of amides is 1. The summed E-state index contributed by atoms with van der Waals surface area (Å²) in [5.41, 5.74) is 0.343. The predicted octanol–water partition coefficient (Wildman–Crippen LogP) is 3.62. The Balaban J connectivity index is 1.83. The smallest absolute Gasteiger partial charge is 0.410 e. The number of hydrogen-bond donors (Lipinski definition) is 1. The summed E-state index contributed by atoms with van der Waals surface area (Å²) in [5, 5.41) is 3.26. The van der Waals surface area contributed by atoms with E-state index in [1.807, 2.05) is 20.8 Å². The van der Waals surface area contributed by atoms with Gasteiger partial charge >= 0.3 is 6.09 Å². The molecule has 1 fully saturated rings. The Morgan fingerprint density at radius 2 is 2.10 bits per heavy atom. The average Bonchev–Trinajstić information content (AvgIpc) is 2.22. The van der Waals surface area contributed by atoms with Gasteiger partial charge in [0.2, 0.25) is 0 Å². The van der Waals surface area contributed by atoms with Gasteiger partial charge in [0.05, 0.1) is 6.04 Å². The number of halogens is 2. The van der Waals surface area contributed by atoms with E-state index in [0.717, 1.165) is 5.69 Å². The van der Waals surface area contributed by atoms with Gasteiger partial charge in [0, 0.05) is 23.2 Å². The van der Waals surface area contributed by atoms with Crippen LogP contribution in [0.3, 0.4) is 0 Å². The monoisotopic (exact) mass is 344 g/mol. The van der Waals surface area contributed by atoms with Gasteiger partial charge in [-0.3, -0.25) is 0 Å². The predicted molar refractivity (Wildman–Crippen MR) is 79.3 cm³/mol. The maximum Gasteiger partial charge on any atom is 0.410 e. The zero-order chi connectivity index (χ0) is 14.9. The second-order valence-electron chi connectivity index (χ2n) is 5.85. The molecule has 1 aliphatic heterocycles. The number of nitrogens with zero attached hydrogens (tertiary/aromatic N) is 1. The standard InChI is InChI=1S/C14H18BrFN2O2/c1-14(2,3)20-13(19)18-7-10(8-18)17-12-5-4-9(16)6-11(12)15/h4-6,10,17H,7-8H2,1-3H3. The summed E-state index contributed by atoms with van der Waals surface area (Å²) in [7, 11) is 0. The third-order valence-corrected chi connectivity index (χ3v) is 3.48. The van der Waals surface area contributed by atoms with E-state index in [9.17, 15) is 9.18 Å². The molecule has 1 N–H and O–H groups in total. The quantitative estimate of drug-likeness (QED) is 0.890. The Bertz CT molecular complexity index is 510. The van der Waals surface area contributed by atoms with Crippen LogP contribution in [0.25, 0.3) is 0 Å². The normalized spacial score (nSPS) is 15.8. The summed E-state index contributed by atoms with van der Waals surface area (Å²) < 4.78 is 18.9. The lowest BCUT2D eigenvalue weighted by molar-refractivity contribution is 0.0105. The molecule has 0 saturated carbocycles. The molecule has 1 heterocycles. The summed E-state index contributed by atoms with van der Waals surface area (Å²) in [6, 6.07) is 4.64. The van der Waals surface area contributed by atoms with Crippen molar-refractivity contribution in [2.75, 3.05) is 18.4 Å². The molecule has 0 atom stereocenters. The summed E-state index contributed by atoms with van der Waals surface area (Å²) in [6.45, 7) is 6.69. The molecule has 0 aliphatic carbocycles. The molecule has 4 nitrogen and oxygen atoms in total. The zero-order valence-corrected chi connectivity index (χ0v) is 13.3. The highest BCUT2D eigenvalue weighted by Gasteiger charge is 2.33. The number of nitrogens with one attached hydrogen (secondary N) is 1. The van der Waals surface area contributed by atoms with Gasteiger partial charge in [0.25, 0.3) is 0 Å². The van der Waals surface area contributed by atoms with Crippen molar-refractivity contribution in [1.82, 2.24) is 4.90 Å². The van der Waals surface area contributed by atoms with Gasteiger partial charge in [-0.25, -0.2) is 9.18 Å². The number of hydrogen-bond acceptors (Lipinski definition) is 3. The molecule has 20 heavy (non-hydrogen) atoms. The van der Waals surface area contributed by atoms with Gasteiger partial charge in [-0.1, -0.05) is 0 Å². The number of anilines is 1. The third kappa shape index (κ3) is 3.85. The van der Waals surface area contributed by atoms with Crippen molar-refractivity contribution < 1.29 is 13.9 Å². The van der Waals surface area contributed by atoms with Crippen LogP contribution in [0, 0.1) is 5.82 Å². The largest absolute Gasteiger partial charge is 0.444 e. The molecule has 0 unspecified atom stereocenters. The number of rotatable bonds is 2. The topological polar surface area (TPSA) is 41.6 Å². The van der Waals surface area contributed by atoms with Crippen LogP contribution in [0.15, 0.2) is 22.7 Å². The minimum Gasteiger partial charge on any atom is -0.444 e. The number of carbonyl (C=O) groups excluding carboxylic acids is 1. The highest BCUT2D eigenvalue weighted by Crippen LogP contribution is 2.26. The fourth-order valence-corrected chi connectivity index (χ4v) is 2.34. The molecule has 1 aliphatic rings. The van der Waals surface area contributed by atoms with Gasteiger partial charge < -0.3 is 15.0 Å². The Kier molecular flexibility index (Phi) is 4.22. The maximum absolute atomic E-state index is 13.0.